The van der Waals surface area contributed by atoms with E-state index in [4.69, 9.17) is 15.2 Å². The van der Waals surface area contributed by atoms with E-state index in [1.165, 1.54) is 11.3 Å². The Hall–Kier alpha value is -2.12. The van der Waals surface area contributed by atoms with Gasteiger partial charge in [-0.05, 0) is 44.4 Å². The highest BCUT2D eigenvalue weighted by atomic mass is 32.1. The predicted octanol–water partition coefficient (Wildman–Crippen LogP) is 2.88. The van der Waals surface area contributed by atoms with Crippen molar-refractivity contribution in [3.63, 3.8) is 0 Å². The number of benzene rings is 1. The summed E-state index contributed by atoms with van der Waals surface area (Å²) in [4.78, 5) is 20.0. The van der Waals surface area contributed by atoms with Gasteiger partial charge in [0.2, 0.25) is 6.79 Å². The molecule has 1 fully saturated rings. The van der Waals surface area contributed by atoms with Gasteiger partial charge in [0.05, 0.1) is 6.20 Å². The third kappa shape index (κ3) is 3.09. The maximum Gasteiger partial charge on any atom is 0.265 e. The number of aromatic nitrogens is 1. The molecule has 4 rings (SSSR count). The minimum atomic E-state index is -0.0227. The zero-order valence-corrected chi connectivity index (χ0v) is 14.9. The average molecular weight is 359 g/mol. The fourth-order valence-electron chi connectivity index (χ4n) is 3.43. The van der Waals surface area contributed by atoms with Crippen LogP contribution in [0.5, 0.6) is 11.5 Å². The summed E-state index contributed by atoms with van der Waals surface area (Å²) in [5.74, 6) is 1.49. The van der Waals surface area contributed by atoms with Crippen LogP contribution in [0.25, 0.3) is 10.6 Å². The molecule has 2 unspecified atom stereocenters. The third-order valence-corrected chi connectivity index (χ3v) is 5.79. The van der Waals surface area contributed by atoms with Gasteiger partial charge in [-0.25, -0.2) is 4.98 Å². The number of hydrogen-bond acceptors (Lipinski definition) is 6. The van der Waals surface area contributed by atoms with E-state index < -0.39 is 0 Å². The number of hydrogen-bond donors (Lipinski definition) is 1. The second kappa shape index (κ2) is 6.65. The molecular weight excluding hydrogens is 338 g/mol. The van der Waals surface area contributed by atoms with Crippen molar-refractivity contribution in [1.82, 2.24) is 9.88 Å². The largest absolute Gasteiger partial charge is 0.454 e. The first-order chi connectivity index (χ1) is 12.1. The molecule has 0 saturated carbocycles. The highest BCUT2D eigenvalue weighted by Crippen LogP contribution is 2.37. The SMILES string of the molecule is CC(N)C1CCCCN1C(=O)c1cnc(-c2ccc3c(c2)OCO3)s1. The lowest BCUT2D eigenvalue weighted by molar-refractivity contribution is 0.0588. The van der Waals surface area contributed by atoms with Crippen molar-refractivity contribution in [2.75, 3.05) is 13.3 Å². The Balaban J connectivity index is 1.57. The minimum absolute atomic E-state index is 0.0227. The predicted molar refractivity (Wildman–Crippen MR) is 96.0 cm³/mol. The van der Waals surface area contributed by atoms with E-state index in [1.807, 2.05) is 30.0 Å². The van der Waals surface area contributed by atoms with Gasteiger partial charge < -0.3 is 20.1 Å². The van der Waals surface area contributed by atoms with E-state index in [0.717, 1.165) is 42.1 Å². The highest BCUT2D eigenvalue weighted by Gasteiger charge is 2.31. The zero-order chi connectivity index (χ0) is 17.4. The van der Waals surface area contributed by atoms with Crippen LogP contribution < -0.4 is 15.2 Å². The monoisotopic (exact) mass is 359 g/mol. The van der Waals surface area contributed by atoms with Crippen molar-refractivity contribution < 1.29 is 14.3 Å². The van der Waals surface area contributed by atoms with Gasteiger partial charge in [0.1, 0.15) is 9.88 Å². The van der Waals surface area contributed by atoms with E-state index >= 15 is 0 Å². The molecule has 7 heteroatoms. The Morgan fingerprint density at radius 2 is 2.20 bits per heavy atom. The second-order valence-corrected chi connectivity index (χ2v) is 7.55. The van der Waals surface area contributed by atoms with Gasteiger partial charge in [0.25, 0.3) is 5.91 Å². The van der Waals surface area contributed by atoms with Crippen LogP contribution in [0, 0.1) is 0 Å². The molecule has 2 atom stereocenters. The summed E-state index contributed by atoms with van der Waals surface area (Å²) in [5, 5.41) is 0.802. The Bertz CT molecular complexity index is 790. The molecule has 1 aromatic heterocycles. The number of thiazole rings is 1. The number of carbonyl (C=O) groups is 1. The molecule has 1 aromatic carbocycles. The van der Waals surface area contributed by atoms with Crippen molar-refractivity contribution >= 4 is 17.2 Å². The van der Waals surface area contributed by atoms with E-state index in [9.17, 15) is 4.79 Å². The van der Waals surface area contributed by atoms with Crippen LogP contribution in [0.4, 0.5) is 0 Å². The van der Waals surface area contributed by atoms with Crippen molar-refractivity contribution in [1.29, 1.82) is 0 Å². The molecule has 0 bridgehead atoms. The van der Waals surface area contributed by atoms with Crippen LogP contribution in [0.2, 0.25) is 0 Å². The van der Waals surface area contributed by atoms with Crippen LogP contribution in [0.1, 0.15) is 35.9 Å². The molecule has 6 nitrogen and oxygen atoms in total. The van der Waals surface area contributed by atoms with Gasteiger partial charge in [-0.3, -0.25) is 4.79 Å². The molecule has 0 aliphatic carbocycles. The minimum Gasteiger partial charge on any atom is -0.454 e. The number of fused-ring (bicyclic) bond motifs is 1. The number of nitrogens with zero attached hydrogens (tertiary/aromatic N) is 2. The zero-order valence-electron chi connectivity index (χ0n) is 14.1. The van der Waals surface area contributed by atoms with Crippen LogP contribution in [-0.2, 0) is 0 Å². The lowest BCUT2D eigenvalue weighted by Crippen LogP contribution is -2.51. The topological polar surface area (TPSA) is 77.7 Å². The number of rotatable bonds is 3. The van der Waals surface area contributed by atoms with E-state index in [0.29, 0.717) is 10.6 Å². The van der Waals surface area contributed by atoms with Gasteiger partial charge in [0.15, 0.2) is 11.5 Å². The fourth-order valence-corrected chi connectivity index (χ4v) is 4.30. The summed E-state index contributed by atoms with van der Waals surface area (Å²) in [6.07, 6.45) is 4.79. The fraction of sp³-hybridized carbons (Fsp3) is 0.444. The number of nitrogens with two attached hydrogens (primary N) is 1. The van der Waals surface area contributed by atoms with E-state index in [1.54, 1.807) is 6.20 Å². The van der Waals surface area contributed by atoms with Crippen LogP contribution >= 0.6 is 11.3 Å². The Morgan fingerprint density at radius 1 is 1.36 bits per heavy atom. The van der Waals surface area contributed by atoms with Crippen molar-refractivity contribution in [2.24, 2.45) is 5.73 Å². The number of amides is 1. The first-order valence-electron chi connectivity index (χ1n) is 8.56. The summed E-state index contributed by atoms with van der Waals surface area (Å²) in [7, 11) is 0. The number of likely N-dealkylation sites (tertiary alicyclic amines) is 1. The first-order valence-corrected chi connectivity index (χ1v) is 9.37. The molecule has 3 heterocycles. The van der Waals surface area contributed by atoms with Crippen molar-refractivity contribution in [3.8, 4) is 22.1 Å². The lowest BCUT2D eigenvalue weighted by Gasteiger charge is -2.37. The quantitative estimate of drug-likeness (QED) is 0.912. The van der Waals surface area contributed by atoms with Crippen LogP contribution in [0.3, 0.4) is 0 Å². The summed E-state index contributed by atoms with van der Waals surface area (Å²) in [6, 6.07) is 5.80. The standard InChI is InChI=1S/C18H21N3O3S/c1-11(19)13-4-2-3-7-21(13)18(22)16-9-20-17(25-16)12-5-6-14-15(8-12)24-10-23-14/h5-6,8-9,11,13H,2-4,7,10,19H2,1H3. The molecule has 132 valence electrons. The Kier molecular flexibility index (Phi) is 4.35. The summed E-state index contributed by atoms with van der Waals surface area (Å²) >= 11 is 1.41. The molecular formula is C18H21N3O3S. The van der Waals surface area contributed by atoms with E-state index in [-0.39, 0.29) is 24.8 Å². The maximum atomic E-state index is 12.9. The Morgan fingerprint density at radius 3 is 3.04 bits per heavy atom. The summed E-state index contributed by atoms with van der Waals surface area (Å²) in [6.45, 7) is 2.98. The molecule has 0 radical (unpaired) electrons. The van der Waals surface area contributed by atoms with Gasteiger partial charge in [-0.2, -0.15) is 0 Å². The van der Waals surface area contributed by atoms with Gasteiger partial charge >= 0.3 is 0 Å². The molecule has 0 spiro atoms. The molecule has 2 N–H and O–H groups in total. The highest BCUT2D eigenvalue weighted by molar-refractivity contribution is 7.16. The second-order valence-electron chi connectivity index (χ2n) is 6.52. The molecule has 2 aliphatic rings. The average Bonchev–Trinajstić information content (AvgIpc) is 3.29. The molecule has 25 heavy (non-hydrogen) atoms. The van der Waals surface area contributed by atoms with Gasteiger partial charge in [0, 0.05) is 24.2 Å². The maximum absolute atomic E-state index is 12.9. The Labute approximate surface area is 150 Å². The number of carbonyl (C=O) groups excluding carboxylic acids is 1. The van der Waals surface area contributed by atoms with E-state index in [2.05, 4.69) is 4.98 Å². The molecule has 2 aliphatic heterocycles. The summed E-state index contributed by atoms with van der Waals surface area (Å²) < 4.78 is 10.8. The number of ether oxygens (including phenoxy) is 2. The van der Waals surface area contributed by atoms with Crippen LogP contribution in [-0.4, -0.2) is 41.2 Å². The first kappa shape index (κ1) is 16.4. The number of piperidine rings is 1. The van der Waals surface area contributed by atoms with Gasteiger partial charge in [-0.15, -0.1) is 11.3 Å². The normalized spacial score (nSPS) is 20.6. The summed E-state index contributed by atoms with van der Waals surface area (Å²) in [5.41, 5.74) is 7.02. The molecule has 1 amide bonds. The third-order valence-electron chi connectivity index (χ3n) is 4.75. The van der Waals surface area contributed by atoms with Crippen molar-refractivity contribution in [3.05, 3.63) is 29.3 Å². The smallest absolute Gasteiger partial charge is 0.265 e. The molecule has 2 aromatic rings. The lowest BCUT2D eigenvalue weighted by atomic mass is 9.97. The van der Waals surface area contributed by atoms with Crippen LogP contribution in [0.15, 0.2) is 24.4 Å². The van der Waals surface area contributed by atoms with Crippen molar-refractivity contribution in [2.45, 2.75) is 38.3 Å². The molecule has 1 saturated heterocycles. The van der Waals surface area contributed by atoms with Gasteiger partial charge in [-0.1, -0.05) is 0 Å².